The fourth-order valence-corrected chi connectivity index (χ4v) is 3.14. The lowest BCUT2D eigenvalue weighted by molar-refractivity contribution is -0.0172. The van der Waals surface area contributed by atoms with Gasteiger partial charge in [0.1, 0.15) is 11.6 Å². The van der Waals surface area contributed by atoms with Crippen LogP contribution in [0.1, 0.15) is 11.1 Å². The van der Waals surface area contributed by atoms with Crippen LogP contribution >= 0.6 is 24.0 Å². The van der Waals surface area contributed by atoms with Gasteiger partial charge >= 0.3 is 0 Å². The van der Waals surface area contributed by atoms with E-state index in [4.69, 9.17) is 14.2 Å². The normalized spacial score (nSPS) is 17.5. The molecule has 2 aliphatic heterocycles. The zero-order chi connectivity index (χ0) is 18.2. The van der Waals surface area contributed by atoms with E-state index >= 15 is 0 Å². The summed E-state index contributed by atoms with van der Waals surface area (Å²) in [6.07, 6.45) is 0.643. The largest absolute Gasteiger partial charge is 0.467 e. The van der Waals surface area contributed by atoms with Gasteiger partial charge in [-0.3, -0.25) is 9.89 Å². The van der Waals surface area contributed by atoms with Gasteiger partial charge in [-0.2, -0.15) is 0 Å². The number of fused-ring (bicyclic) bond motifs is 1. The summed E-state index contributed by atoms with van der Waals surface area (Å²) < 4.78 is 29.9. The first-order valence-corrected chi connectivity index (χ1v) is 9.02. The molecule has 0 bridgehead atoms. The highest BCUT2D eigenvalue weighted by Gasteiger charge is 2.17. The second kappa shape index (κ2) is 11.6. The van der Waals surface area contributed by atoms with Gasteiger partial charge in [-0.25, -0.2) is 4.39 Å². The lowest BCUT2D eigenvalue weighted by Crippen LogP contribution is -2.44. The molecule has 1 aromatic carbocycles. The molecule has 2 heterocycles. The van der Waals surface area contributed by atoms with E-state index in [2.05, 4.69) is 20.5 Å². The van der Waals surface area contributed by atoms with E-state index in [0.29, 0.717) is 19.6 Å². The molecule has 7 nitrogen and oxygen atoms in total. The van der Waals surface area contributed by atoms with Gasteiger partial charge in [-0.1, -0.05) is 0 Å². The third-order valence-corrected chi connectivity index (χ3v) is 4.49. The average Bonchev–Trinajstić information content (AvgIpc) is 2.67. The Kier molecular flexibility index (Phi) is 9.52. The molecule has 0 aromatic heterocycles. The van der Waals surface area contributed by atoms with Gasteiger partial charge < -0.3 is 24.8 Å². The minimum Gasteiger partial charge on any atom is -0.467 e. The first kappa shape index (κ1) is 22.1. The Balaban J connectivity index is 0.00000261. The van der Waals surface area contributed by atoms with Gasteiger partial charge in [0.05, 0.1) is 19.8 Å². The quantitative estimate of drug-likeness (QED) is 0.354. The van der Waals surface area contributed by atoms with Crippen molar-refractivity contribution in [1.82, 2.24) is 15.5 Å². The smallest absolute Gasteiger partial charge is 0.191 e. The van der Waals surface area contributed by atoms with E-state index in [1.165, 1.54) is 12.1 Å². The molecule has 9 heteroatoms. The average molecular weight is 494 g/mol. The van der Waals surface area contributed by atoms with E-state index < -0.39 is 0 Å². The highest BCUT2D eigenvalue weighted by atomic mass is 127. The molecule has 27 heavy (non-hydrogen) atoms. The number of rotatable bonds is 6. The van der Waals surface area contributed by atoms with Gasteiger partial charge in [0.2, 0.25) is 0 Å². The van der Waals surface area contributed by atoms with Crippen molar-refractivity contribution in [3.8, 4) is 5.75 Å². The molecular formula is C18H28FIN4O3. The van der Waals surface area contributed by atoms with E-state index in [1.54, 1.807) is 7.05 Å². The number of aliphatic imine (C=N–C) groups is 1. The number of nitrogens with zero attached hydrogens (tertiary/aromatic N) is 2. The maximum Gasteiger partial charge on any atom is 0.191 e. The number of benzene rings is 1. The van der Waals surface area contributed by atoms with Crippen molar-refractivity contribution in [2.24, 2.45) is 4.99 Å². The second-order valence-corrected chi connectivity index (χ2v) is 6.29. The Hall–Kier alpha value is -1.17. The van der Waals surface area contributed by atoms with Crippen LogP contribution in [0.15, 0.2) is 17.1 Å². The van der Waals surface area contributed by atoms with Crippen molar-refractivity contribution in [3.05, 3.63) is 29.1 Å². The van der Waals surface area contributed by atoms with E-state index in [-0.39, 0.29) is 36.6 Å². The molecule has 0 atom stereocenters. The summed E-state index contributed by atoms with van der Waals surface area (Å²) in [5.41, 5.74) is 1.61. The van der Waals surface area contributed by atoms with Gasteiger partial charge in [0, 0.05) is 45.3 Å². The van der Waals surface area contributed by atoms with Crippen LogP contribution in [0.3, 0.4) is 0 Å². The lowest BCUT2D eigenvalue weighted by Gasteiger charge is -2.26. The summed E-state index contributed by atoms with van der Waals surface area (Å²) in [6, 6.07) is 3.00. The number of hydrogen-bond donors (Lipinski definition) is 2. The number of hydrogen-bond acceptors (Lipinski definition) is 5. The van der Waals surface area contributed by atoms with Crippen molar-refractivity contribution < 1.29 is 18.6 Å². The maximum atomic E-state index is 13.8. The standard InChI is InChI=1S/C18H27FN4O3.HI/c1-20-18(22-4-5-23-6-8-24-9-7-23)21-3-2-14-10-16(19)11-15-12-25-13-26-17(14)15;/h10-11H,2-9,12-13H2,1H3,(H2,20,21,22);1H. The molecule has 2 aliphatic rings. The predicted molar refractivity (Wildman–Crippen MR) is 112 cm³/mol. The van der Waals surface area contributed by atoms with Crippen molar-refractivity contribution >= 4 is 29.9 Å². The van der Waals surface area contributed by atoms with Crippen LogP contribution in [0.2, 0.25) is 0 Å². The van der Waals surface area contributed by atoms with Crippen LogP contribution < -0.4 is 15.4 Å². The molecule has 0 aliphatic carbocycles. The molecule has 1 fully saturated rings. The fourth-order valence-electron chi connectivity index (χ4n) is 3.14. The molecule has 152 valence electrons. The number of morpholine rings is 1. The molecule has 2 N–H and O–H groups in total. The van der Waals surface area contributed by atoms with Gasteiger partial charge in [0.15, 0.2) is 12.8 Å². The monoisotopic (exact) mass is 494 g/mol. The van der Waals surface area contributed by atoms with Gasteiger partial charge in [-0.15, -0.1) is 24.0 Å². The molecule has 0 amide bonds. The molecule has 0 spiro atoms. The number of ether oxygens (including phenoxy) is 3. The van der Waals surface area contributed by atoms with Crippen molar-refractivity contribution in [2.45, 2.75) is 13.0 Å². The van der Waals surface area contributed by atoms with Crippen LogP contribution in [0, 0.1) is 5.82 Å². The fraction of sp³-hybridized carbons (Fsp3) is 0.611. The maximum absolute atomic E-state index is 13.8. The van der Waals surface area contributed by atoms with Crippen molar-refractivity contribution in [2.75, 3.05) is 59.8 Å². The molecular weight excluding hydrogens is 466 g/mol. The van der Waals surface area contributed by atoms with Crippen molar-refractivity contribution in [3.63, 3.8) is 0 Å². The summed E-state index contributed by atoms with van der Waals surface area (Å²) in [5.74, 6) is 1.23. The summed E-state index contributed by atoms with van der Waals surface area (Å²) in [5, 5.41) is 6.58. The molecule has 0 unspecified atom stereocenters. The minimum absolute atomic E-state index is 0. The number of nitrogens with one attached hydrogen (secondary N) is 2. The second-order valence-electron chi connectivity index (χ2n) is 6.29. The minimum atomic E-state index is -0.263. The van der Waals surface area contributed by atoms with Crippen LogP contribution in [0.5, 0.6) is 5.75 Å². The van der Waals surface area contributed by atoms with Crippen LogP contribution in [-0.2, 0) is 22.5 Å². The summed E-state index contributed by atoms with van der Waals surface area (Å²) >= 11 is 0. The third-order valence-electron chi connectivity index (χ3n) is 4.49. The van der Waals surface area contributed by atoms with Gasteiger partial charge in [0.25, 0.3) is 0 Å². The zero-order valence-electron chi connectivity index (χ0n) is 15.6. The molecule has 0 radical (unpaired) electrons. The first-order valence-electron chi connectivity index (χ1n) is 9.02. The molecule has 0 saturated carbocycles. The topological polar surface area (TPSA) is 67.4 Å². The van der Waals surface area contributed by atoms with E-state index in [9.17, 15) is 4.39 Å². The van der Waals surface area contributed by atoms with Crippen molar-refractivity contribution in [1.29, 1.82) is 0 Å². The third kappa shape index (κ3) is 6.74. The highest BCUT2D eigenvalue weighted by Crippen LogP contribution is 2.29. The van der Waals surface area contributed by atoms with Crippen LogP contribution in [0.25, 0.3) is 0 Å². The first-order chi connectivity index (χ1) is 12.8. The number of halogens is 2. The zero-order valence-corrected chi connectivity index (χ0v) is 18.0. The van der Waals surface area contributed by atoms with Crippen LogP contribution in [0.4, 0.5) is 4.39 Å². The summed E-state index contributed by atoms with van der Waals surface area (Å²) in [7, 11) is 1.74. The molecule has 1 saturated heterocycles. The highest BCUT2D eigenvalue weighted by molar-refractivity contribution is 14.0. The molecule has 3 rings (SSSR count). The Morgan fingerprint density at radius 3 is 2.74 bits per heavy atom. The van der Waals surface area contributed by atoms with Crippen LogP contribution in [-0.4, -0.2) is 70.6 Å². The van der Waals surface area contributed by atoms with Gasteiger partial charge in [-0.05, 0) is 24.1 Å². The Morgan fingerprint density at radius 2 is 1.96 bits per heavy atom. The van der Waals surface area contributed by atoms with E-state index in [0.717, 1.165) is 62.2 Å². The Labute approximate surface area is 176 Å². The Bertz CT molecular complexity index is 627. The number of guanidine groups is 1. The Morgan fingerprint density at radius 1 is 1.19 bits per heavy atom. The van der Waals surface area contributed by atoms with E-state index in [1.807, 2.05) is 0 Å². The SMILES string of the molecule is CN=C(NCCc1cc(F)cc2c1OCOC2)NCCN1CCOCC1.I. The summed E-state index contributed by atoms with van der Waals surface area (Å²) in [4.78, 5) is 6.60. The summed E-state index contributed by atoms with van der Waals surface area (Å²) in [6.45, 7) is 6.56. The lowest BCUT2D eigenvalue weighted by atomic mass is 10.1. The predicted octanol–water partition coefficient (Wildman–Crippen LogP) is 1.35. The molecule has 1 aromatic rings.